The number of nitrogens with zero attached hydrogens (tertiary/aromatic N) is 5. The lowest BCUT2D eigenvalue weighted by Gasteiger charge is -2.29. The van der Waals surface area contributed by atoms with Crippen LogP contribution in [0.5, 0.6) is 0 Å². The molecule has 1 aliphatic carbocycles. The molecule has 7 rings (SSSR count). The van der Waals surface area contributed by atoms with Crippen molar-refractivity contribution < 1.29 is 14.4 Å². The van der Waals surface area contributed by atoms with Crippen LogP contribution in [0.25, 0.3) is 0 Å². The van der Waals surface area contributed by atoms with E-state index in [1.807, 2.05) is 24.3 Å². The first-order valence-electron chi connectivity index (χ1n) is 18.6. The van der Waals surface area contributed by atoms with Crippen molar-refractivity contribution in [1.29, 1.82) is 0 Å². The largest absolute Gasteiger partial charge is 0.344 e. The molecule has 9 heteroatoms. The predicted octanol–water partition coefficient (Wildman–Crippen LogP) is 11.0. The molecule has 0 saturated carbocycles. The third-order valence-electron chi connectivity index (χ3n) is 11.2. The van der Waals surface area contributed by atoms with E-state index < -0.39 is 10.8 Å². The van der Waals surface area contributed by atoms with Crippen LogP contribution in [0.1, 0.15) is 65.5 Å². The average Bonchev–Trinajstić information content (AvgIpc) is 3.74. The molecule has 4 aromatic rings. The Morgan fingerprint density at radius 3 is 1.91 bits per heavy atom. The first-order chi connectivity index (χ1) is 25.9. The Bertz CT molecular complexity index is 2280. The summed E-state index contributed by atoms with van der Waals surface area (Å²) in [5, 5.41) is 23.5. The van der Waals surface area contributed by atoms with E-state index in [1.165, 1.54) is 11.1 Å². The SMILES string of the molecule is CCN1C(=CC=C2CCC(C=CC3=[N+](CC)c4ccc([N+](=O)[O-])cc4C3(C)C)=C2N(c2ccccc2)c2ccccc2)C(C)(C)c2cc([N+](=O)[O-])ccc21. The Morgan fingerprint density at radius 2 is 1.33 bits per heavy atom. The van der Waals surface area contributed by atoms with E-state index in [4.69, 9.17) is 0 Å². The molecule has 54 heavy (non-hydrogen) atoms. The molecule has 3 aliphatic rings. The second kappa shape index (κ2) is 14.0. The second-order valence-electron chi connectivity index (χ2n) is 15.0. The van der Waals surface area contributed by atoms with Gasteiger partial charge in [0, 0.05) is 76.7 Å². The molecule has 0 aromatic heterocycles. The molecule has 0 bridgehead atoms. The number of allylic oxidation sites excluding steroid dienone is 7. The van der Waals surface area contributed by atoms with Gasteiger partial charge in [-0.05, 0) is 93.7 Å². The van der Waals surface area contributed by atoms with Gasteiger partial charge in [-0.3, -0.25) is 20.2 Å². The summed E-state index contributed by atoms with van der Waals surface area (Å²) >= 11 is 0. The fourth-order valence-corrected chi connectivity index (χ4v) is 8.48. The summed E-state index contributed by atoms with van der Waals surface area (Å²) in [5.74, 6) is 0. The number of anilines is 3. The van der Waals surface area contributed by atoms with Crippen LogP contribution < -0.4 is 9.80 Å². The highest BCUT2D eigenvalue weighted by Gasteiger charge is 2.45. The first kappa shape index (κ1) is 36.3. The van der Waals surface area contributed by atoms with Gasteiger partial charge in [0.05, 0.1) is 21.0 Å². The summed E-state index contributed by atoms with van der Waals surface area (Å²) in [5.41, 5.74) is 11.0. The van der Waals surface area contributed by atoms with Crippen molar-refractivity contribution in [1.82, 2.24) is 0 Å². The number of para-hydroxylation sites is 2. The van der Waals surface area contributed by atoms with Gasteiger partial charge in [-0.25, -0.2) is 0 Å². The number of hydrogen-bond donors (Lipinski definition) is 0. The highest BCUT2D eigenvalue weighted by Crippen LogP contribution is 2.50. The summed E-state index contributed by atoms with van der Waals surface area (Å²) < 4.78 is 2.27. The second-order valence-corrected chi connectivity index (χ2v) is 15.0. The van der Waals surface area contributed by atoms with Crippen LogP contribution in [0.15, 0.2) is 144 Å². The van der Waals surface area contributed by atoms with Crippen LogP contribution >= 0.6 is 0 Å². The summed E-state index contributed by atoms with van der Waals surface area (Å²) in [4.78, 5) is 27.4. The number of fused-ring (bicyclic) bond motifs is 2. The molecule has 0 unspecified atom stereocenters. The molecule has 2 aliphatic heterocycles. The fourth-order valence-electron chi connectivity index (χ4n) is 8.48. The molecule has 0 spiro atoms. The van der Waals surface area contributed by atoms with Gasteiger partial charge in [0.25, 0.3) is 11.4 Å². The van der Waals surface area contributed by atoms with Crippen molar-refractivity contribution in [2.24, 2.45) is 0 Å². The van der Waals surface area contributed by atoms with Gasteiger partial charge in [-0.2, -0.15) is 4.58 Å². The van der Waals surface area contributed by atoms with Crippen molar-refractivity contribution in [2.75, 3.05) is 22.9 Å². The molecular formula is C45H46N5O4+. The van der Waals surface area contributed by atoms with Gasteiger partial charge in [0.15, 0.2) is 5.71 Å². The molecule has 0 atom stereocenters. The van der Waals surface area contributed by atoms with E-state index in [9.17, 15) is 20.2 Å². The molecule has 0 fully saturated rings. The van der Waals surface area contributed by atoms with Gasteiger partial charge in [0.1, 0.15) is 6.54 Å². The monoisotopic (exact) mass is 720 g/mol. The van der Waals surface area contributed by atoms with E-state index in [2.05, 4.69) is 129 Å². The molecular weight excluding hydrogens is 675 g/mol. The molecule has 4 aromatic carbocycles. The summed E-state index contributed by atoms with van der Waals surface area (Å²) in [6, 6.07) is 31.2. The topological polar surface area (TPSA) is 95.8 Å². The third kappa shape index (κ3) is 6.13. The minimum Gasteiger partial charge on any atom is -0.344 e. The minimum atomic E-state index is -0.448. The molecule has 2 heterocycles. The zero-order chi connectivity index (χ0) is 38.4. The van der Waals surface area contributed by atoms with E-state index in [-0.39, 0.29) is 21.2 Å². The Labute approximate surface area is 316 Å². The molecule has 0 saturated heterocycles. The summed E-state index contributed by atoms with van der Waals surface area (Å²) in [6.07, 6.45) is 10.6. The molecule has 0 amide bonds. The number of nitro groups is 2. The van der Waals surface area contributed by atoms with E-state index in [1.54, 1.807) is 24.3 Å². The third-order valence-corrected chi connectivity index (χ3v) is 11.2. The van der Waals surface area contributed by atoms with Gasteiger partial charge >= 0.3 is 0 Å². The quantitative estimate of drug-likeness (QED) is 0.0919. The van der Waals surface area contributed by atoms with Gasteiger partial charge in [0.2, 0.25) is 5.69 Å². The number of benzene rings is 4. The number of non-ortho nitro benzene ring substituents is 2. The lowest BCUT2D eigenvalue weighted by atomic mass is 9.81. The Hall–Kier alpha value is -6.09. The number of nitro benzene ring substituents is 2. The number of hydrogen-bond acceptors (Lipinski definition) is 6. The Kier molecular flexibility index (Phi) is 9.43. The summed E-state index contributed by atoms with van der Waals surface area (Å²) in [7, 11) is 0. The van der Waals surface area contributed by atoms with E-state index >= 15 is 0 Å². The lowest BCUT2D eigenvalue weighted by Crippen LogP contribution is -2.27. The van der Waals surface area contributed by atoms with Crippen molar-refractivity contribution in [3.8, 4) is 0 Å². The van der Waals surface area contributed by atoms with Crippen LogP contribution in [-0.4, -0.2) is 33.2 Å². The number of likely N-dealkylation sites (N-methyl/N-ethyl adjacent to an activating group) is 1. The summed E-state index contributed by atoms with van der Waals surface area (Å²) in [6.45, 7) is 14.3. The van der Waals surface area contributed by atoms with Gasteiger partial charge < -0.3 is 9.80 Å². The van der Waals surface area contributed by atoms with Gasteiger partial charge in [-0.1, -0.05) is 62.4 Å². The zero-order valence-electron chi connectivity index (χ0n) is 31.7. The molecule has 0 N–H and O–H groups in total. The smallest absolute Gasteiger partial charge is 0.270 e. The number of rotatable bonds is 10. The molecule has 0 radical (unpaired) electrons. The van der Waals surface area contributed by atoms with Crippen LogP contribution in [-0.2, 0) is 10.8 Å². The highest BCUT2D eigenvalue weighted by atomic mass is 16.6. The highest BCUT2D eigenvalue weighted by molar-refractivity contribution is 6.03. The van der Waals surface area contributed by atoms with Crippen LogP contribution in [0.3, 0.4) is 0 Å². The maximum Gasteiger partial charge on any atom is 0.270 e. The van der Waals surface area contributed by atoms with Crippen molar-refractivity contribution >= 4 is 39.8 Å². The lowest BCUT2D eigenvalue weighted by molar-refractivity contribution is -0.433. The predicted molar refractivity (Wildman–Crippen MR) is 217 cm³/mol. The normalized spacial score (nSPS) is 18.6. The first-order valence-corrected chi connectivity index (χ1v) is 18.6. The molecule has 9 nitrogen and oxygen atoms in total. The van der Waals surface area contributed by atoms with Crippen molar-refractivity contribution in [3.05, 3.63) is 175 Å². The van der Waals surface area contributed by atoms with Gasteiger partial charge in [-0.15, -0.1) is 0 Å². The van der Waals surface area contributed by atoms with Crippen LogP contribution in [0.2, 0.25) is 0 Å². The Balaban J connectivity index is 1.39. The van der Waals surface area contributed by atoms with Crippen LogP contribution in [0.4, 0.5) is 34.1 Å². The maximum atomic E-state index is 11.7. The van der Waals surface area contributed by atoms with Crippen molar-refractivity contribution in [3.63, 3.8) is 0 Å². The molecule has 274 valence electrons. The zero-order valence-corrected chi connectivity index (χ0v) is 31.7. The minimum absolute atomic E-state index is 0.0996. The maximum absolute atomic E-state index is 11.7. The standard InChI is InChI=1S/C45H46N5O4/c1-7-46-39-25-23-35(49(51)52)29-37(39)44(3,4)41(46)27-21-31-19-20-32(43(31)48(33-15-11-9-12-16-33)34-17-13-10-14-18-34)22-28-42-45(5,6)38-30-36(50(53)54)24-26-40(38)47(42)8-2/h9-18,21-30H,7-8,19-20H2,1-6H3/q+1. The Morgan fingerprint density at radius 1 is 0.741 bits per heavy atom. The van der Waals surface area contributed by atoms with E-state index in [0.717, 1.165) is 76.9 Å². The fraction of sp³-hybridized carbons (Fsp3) is 0.267. The van der Waals surface area contributed by atoms with Crippen LogP contribution in [0, 0.1) is 20.2 Å². The average molecular weight is 721 g/mol. The van der Waals surface area contributed by atoms with E-state index in [0.29, 0.717) is 0 Å². The van der Waals surface area contributed by atoms with Crippen molar-refractivity contribution in [2.45, 2.75) is 65.2 Å².